The number of nitrogens with one attached hydrogen (secondary N) is 1. The van der Waals surface area contributed by atoms with Gasteiger partial charge in [-0.25, -0.2) is 4.39 Å². The summed E-state index contributed by atoms with van der Waals surface area (Å²) in [6, 6.07) is 16.5. The average Bonchev–Trinajstić information content (AvgIpc) is 2.60. The van der Waals surface area contributed by atoms with Crippen molar-refractivity contribution in [2.24, 2.45) is 5.92 Å². The standard InChI is InChI=1S/C20H23FN2O/c21-18-6-8-19(9-7-18)22-20(24)15-23-12-10-17(11-13-23)14-16-4-2-1-3-5-16/h1-9,17H,10-15H2,(H,22,24). The van der Waals surface area contributed by atoms with Crippen molar-refractivity contribution in [3.63, 3.8) is 0 Å². The second-order valence-corrected chi connectivity index (χ2v) is 6.46. The largest absolute Gasteiger partial charge is 0.325 e. The Hall–Kier alpha value is -2.20. The van der Waals surface area contributed by atoms with E-state index in [9.17, 15) is 9.18 Å². The minimum atomic E-state index is -0.298. The molecule has 1 saturated heterocycles. The topological polar surface area (TPSA) is 32.3 Å². The van der Waals surface area contributed by atoms with Gasteiger partial charge in [-0.2, -0.15) is 0 Å². The molecule has 4 heteroatoms. The zero-order valence-electron chi connectivity index (χ0n) is 13.7. The number of carbonyl (C=O) groups is 1. The van der Waals surface area contributed by atoms with Crippen molar-refractivity contribution in [1.29, 1.82) is 0 Å². The van der Waals surface area contributed by atoms with Gasteiger partial charge in [-0.15, -0.1) is 0 Å². The van der Waals surface area contributed by atoms with Crippen LogP contribution in [0.3, 0.4) is 0 Å². The van der Waals surface area contributed by atoms with Crippen LogP contribution < -0.4 is 5.32 Å². The maximum atomic E-state index is 12.9. The summed E-state index contributed by atoms with van der Waals surface area (Å²) in [5.74, 6) is 0.361. The predicted molar refractivity (Wildman–Crippen MR) is 94.3 cm³/mol. The van der Waals surface area contributed by atoms with Crippen molar-refractivity contribution in [1.82, 2.24) is 4.90 Å². The Kier molecular flexibility index (Phi) is 5.59. The second-order valence-electron chi connectivity index (χ2n) is 6.46. The summed E-state index contributed by atoms with van der Waals surface area (Å²) in [4.78, 5) is 14.3. The van der Waals surface area contributed by atoms with E-state index in [0.29, 0.717) is 18.2 Å². The van der Waals surface area contributed by atoms with Gasteiger partial charge in [0.25, 0.3) is 0 Å². The van der Waals surface area contributed by atoms with Gasteiger partial charge in [0.2, 0.25) is 5.91 Å². The summed E-state index contributed by atoms with van der Waals surface area (Å²) in [6.07, 6.45) is 3.37. The van der Waals surface area contributed by atoms with Crippen LogP contribution in [-0.2, 0) is 11.2 Å². The molecule has 0 aromatic heterocycles. The Labute approximate surface area is 142 Å². The number of hydrogen-bond acceptors (Lipinski definition) is 2. The molecule has 0 saturated carbocycles. The predicted octanol–water partition coefficient (Wildman–Crippen LogP) is 3.72. The number of piperidine rings is 1. The maximum Gasteiger partial charge on any atom is 0.238 e. The van der Waals surface area contributed by atoms with Crippen LogP contribution in [0.15, 0.2) is 54.6 Å². The monoisotopic (exact) mass is 326 g/mol. The van der Waals surface area contributed by atoms with Crippen molar-refractivity contribution < 1.29 is 9.18 Å². The molecule has 0 bridgehead atoms. The Morgan fingerprint density at radius 2 is 1.71 bits per heavy atom. The molecule has 0 radical (unpaired) electrons. The third-order valence-corrected chi connectivity index (χ3v) is 4.57. The number of nitrogens with zero attached hydrogens (tertiary/aromatic N) is 1. The van der Waals surface area contributed by atoms with E-state index in [1.807, 2.05) is 6.07 Å². The number of likely N-dealkylation sites (tertiary alicyclic amines) is 1. The van der Waals surface area contributed by atoms with E-state index in [1.165, 1.54) is 17.7 Å². The van der Waals surface area contributed by atoms with Gasteiger partial charge in [-0.05, 0) is 68.1 Å². The van der Waals surface area contributed by atoms with E-state index in [-0.39, 0.29) is 11.7 Å². The van der Waals surface area contributed by atoms with Gasteiger partial charge in [-0.1, -0.05) is 30.3 Å². The summed E-state index contributed by atoms with van der Waals surface area (Å²) >= 11 is 0. The fraction of sp³-hybridized carbons (Fsp3) is 0.350. The van der Waals surface area contributed by atoms with Crippen molar-refractivity contribution in [3.05, 3.63) is 66.0 Å². The lowest BCUT2D eigenvalue weighted by Gasteiger charge is -2.31. The highest BCUT2D eigenvalue weighted by Crippen LogP contribution is 2.21. The van der Waals surface area contributed by atoms with Crippen molar-refractivity contribution >= 4 is 11.6 Å². The van der Waals surface area contributed by atoms with Crippen molar-refractivity contribution in [2.75, 3.05) is 25.0 Å². The minimum Gasteiger partial charge on any atom is -0.325 e. The Balaban J connectivity index is 1.41. The van der Waals surface area contributed by atoms with Crippen LogP contribution in [0, 0.1) is 11.7 Å². The molecule has 126 valence electrons. The lowest BCUT2D eigenvalue weighted by Crippen LogP contribution is -2.39. The van der Waals surface area contributed by atoms with Crippen LogP contribution in [0.4, 0.5) is 10.1 Å². The first kappa shape index (κ1) is 16.7. The first-order chi connectivity index (χ1) is 11.7. The molecule has 0 unspecified atom stereocenters. The summed E-state index contributed by atoms with van der Waals surface area (Å²) in [5.41, 5.74) is 2.03. The lowest BCUT2D eigenvalue weighted by molar-refractivity contribution is -0.117. The number of halogens is 1. The number of amides is 1. The molecule has 1 aliphatic heterocycles. The maximum absolute atomic E-state index is 12.9. The molecular formula is C20H23FN2O. The van der Waals surface area contributed by atoms with Gasteiger partial charge in [0.1, 0.15) is 5.82 Å². The molecule has 1 amide bonds. The smallest absolute Gasteiger partial charge is 0.238 e. The molecule has 1 N–H and O–H groups in total. The second kappa shape index (κ2) is 8.06. The van der Waals surface area contributed by atoms with E-state index < -0.39 is 0 Å². The molecule has 1 heterocycles. The zero-order valence-corrected chi connectivity index (χ0v) is 13.7. The third-order valence-electron chi connectivity index (χ3n) is 4.57. The fourth-order valence-electron chi connectivity index (χ4n) is 3.23. The summed E-state index contributed by atoms with van der Waals surface area (Å²) in [7, 11) is 0. The van der Waals surface area contributed by atoms with Crippen LogP contribution in [-0.4, -0.2) is 30.4 Å². The van der Waals surface area contributed by atoms with Gasteiger partial charge in [-0.3, -0.25) is 9.69 Å². The third kappa shape index (κ3) is 4.90. The van der Waals surface area contributed by atoms with Gasteiger partial charge >= 0.3 is 0 Å². The Morgan fingerprint density at radius 3 is 2.38 bits per heavy atom. The van der Waals surface area contributed by atoms with Crippen LogP contribution in [0.25, 0.3) is 0 Å². The number of benzene rings is 2. The molecule has 0 spiro atoms. The van der Waals surface area contributed by atoms with Crippen molar-refractivity contribution in [2.45, 2.75) is 19.3 Å². The first-order valence-corrected chi connectivity index (χ1v) is 8.51. The van der Waals surface area contributed by atoms with E-state index in [0.717, 1.165) is 32.4 Å². The highest BCUT2D eigenvalue weighted by molar-refractivity contribution is 5.92. The van der Waals surface area contributed by atoms with Crippen LogP contribution in [0.2, 0.25) is 0 Å². The molecule has 0 atom stereocenters. The molecule has 3 nitrogen and oxygen atoms in total. The summed E-state index contributed by atoms with van der Waals surface area (Å²) < 4.78 is 12.9. The highest BCUT2D eigenvalue weighted by atomic mass is 19.1. The fourth-order valence-corrected chi connectivity index (χ4v) is 3.23. The van der Waals surface area contributed by atoms with Gasteiger partial charge < -0.3 is 5.32 Å². The molecule has 0 aliphatic carbocycles. The molecule has 3 rings (SSSR count). The molecule has 2 aromatic rings. The summed E-state index contributed by atoms with van der Waals surface area (Å²) in [5, 5.41) is 2.82. The molecule has 24 heavy (non-hydrogen) atoms. The van der Waals surface area contributed by atoms with Crippen LogP contribution in [0.1, 0.15) is 18.4 Å². The van der Waals surface area contributed by atoms with Gasteiger partial charge in [0.05, 0.1) is 6.54 Å². The lowest BCUT2D eigenvalue weighted by atomic mass is 9.90. The van der Waals surface area contributed by atoms with Gasteiger partial charge in [0.15, 0.2) is 0 Å². The first-order valence-electron chi connectivity index (χ1n) is 8.51. The minimum absolute atomic E-state index is 0.0388. The molecule has 1 fully saturated rings. The SMILES string of the molecule is O=C(CN1CCC(Cc2ccccc2)CC1)Nc1ccc(F)cc1. The number of carbonyl (C=O) groups excluding carboxylic acids is 1. The number of rotatable bonds is 5. The molecule has 2 aromatic carbocycles. The van der Waals surface area contributed by atoms with Crippen molar-refractivity contribution in [3.8, 4) is 0 Å². The van der Waals surface area contributed by atoms with Gasteiger partial charge in [0, 0.05) is 5.69 Å². The quantitative estimate of drug-likeness (QED) is 0.908. The molecular weight excluding hydrogens is 303 g/mol. The van der Waals surface area contributed by atoms with E-state index in [4.69, 9.17) is 0 Å². The normalized spacial score (nSPS) is 16.0. The van der Waals surface area contributed by atoms with Crippen LogP contribution >= 0.6 is 0 Å². The van der Waals surface area contributed by atoms with E-state index >= 15 is 0 Å². The van der Waals surface area contributed by atoms with E-state index in [2.05, 4.69) is 34.5 Å². The summed E-state index contributed by atoms with van der Waals surface area (Å²) in [6.45, 7) is 2.30. The highest BCUT2D eigenvalue weighted by Gasteiger charge is 2.21. The molecule has 1 aliphatic rings. The zero-order chi connectivity index (χ0) is 16.8. The Morgan fingerprint density at radius 1 is 1.04 bits per heavy atom. The Bertz CT molecular complexity index is 649. The van der Waals surface area contributed by atoms with Crippen LogP contribution in [0.5, 0.6) is 0 Å². The average molecular weight is 326 g/mol. The number of hydrogen-bond donors (Lipinski definition) is 1. The number of anilines is 1. The van der Waals surface area contributed by atoms with E-state index in [1.54, 1.807) is 12.1 Å².